The molecule has 1 aliphatic rings. The van der Waals surface area contributed by atoms with Gasteiger partial charge in [-0.25, -0.2) is 0 Å². The van der Waals surface area contributed by atoms with Gasteiger partial charge in [0.2, 0.25) is 0 Å². The first-order valence-electron chi connectivity index (χ1n) is 7.44. The largest absolute Gasteiger partial charge is 0.497 e. The lowest BCUT2D eigenvalue weighted by Crippen LogP contribution is -2.49. The van der Waals surface area contributed by atoms with Crippen molar-refractivity contribution in [3.8, 4) is 5.75 Å². The normalized spacial score (nSPS) is 21.6. The summed E-state index contributed by atoms with van der Waals surface area (Å²) >= 11 is 0. The summed E-state index contributed by atoms with van der Waals surface area (Å²) in [4.78, 5) is 12.3. The van der Waals surface area contributed by atoms with Crippen LogP contribution >= 0.6 is 0 Å². The standard InChI is InChI=1S/C17H24O4/c1-5-21-15(18)16(2,3)17(19)10-6-7-12-11-13(20-4)8-9-14(12)17/h8-9,11,19H,5-7,10H2,1-4H3. The highest BCUT2D eigenvalue weighted by atomic mass is 16.5. The van der Waals surface area contributed by atoms with E-state index in [1.54, 1.807) is 27.9 Å². The minimum Gasteiger partial charge on any atom is -0.497 e. The van der Waals surface area contributed by atoms with Gasteiger partial charge in [-0.05, 0) is 63.3 Å². The number of hydrogen-bond donors (Lipinski definition) is 1. The predicted molar refractivity (Wildman–Crippen MR) is 80.2 cm³/mol. The van der Waals surface area contributed by atoms with Gasteiger partial charge in [-0.2, -0.15) is 0 Å². The number of esters is 1. The summed E-state index contributed by atoms with van der Waals surface area (Å²) in [5.74, 6) is 0.406. The van der Waals surface area contributed by atoms with Crippen molar-refractivity contribution in [1.82, 2.24) is 0 Å². The molecule has 0 bridgehead atoms. The number of hydrogen-bond acceptors (Lipinski definition) is 4. The van der Waals surface area contributed by atoms with Crippen LogP contribution in [0.4, 0.5) is 0 Å². The highest BCUT2D eigenvalue weighted by Gasteiger charge is 2.52. The second-order valence-electron chi connectivity index (χ2n) is 6.08. The molecule has 0 amide bonds. The van der Waals surface area contributed by atoms with E-state index in [2.05, 4.69) is 0 Å². The number of aliphatic hydroxyl groups is 1. The quantitative estimate of drug-likeness (QED) is 0.867. The molecule has 0 spiro atoms. The molecular weight excluding hydrogens is 268 g/mol. The molecule has 1 N–H and O–H groups in total. The zero-order chi connectivity index (χ0) is 15.7. The molecule has 0 radical (unpaired) electrons. The van der Waals surface area contributed by atoms with Crippen LogP contribution in [-0.2, 0) is 21.6 Å². The summed E-state index contributed by atoms with van der Waals surface area (Å²) in [5.41, 5.74) is -0.348. The summed E-state index contributed by atoms with van der Waals surface area (Å²) in [6, 6.07) is 5.64. The third-order valence-corrected chi connectivity index (χ3v) is 4.56. The summed E-state index contributed by atoms with van der Waals surface area (Å²) < 4.78 is 10.4. The number of methoxy groups -OCH3 is 1. The van der Waals surface area contributed by atoms with Crippen LogP contribution in [-0.4, -0.2) is 24.8 Å². The van der Waals surface area contributed by atoms with Crippen molar-refractivity contribution < 1.29 is 19.4 Å². The predicted octanol–water partition coefficient (Wildman–Crippen LogP) is 2.81. The van der Waals surface area contributed by atoms with Crippen LogP contribution in [0.3, 0.4) is 0 Å². The van der Waals surface area contributed by atoms with E-state index in [1.807, 2.05) is 18.2 Å². The Hall–Kier alpha value is -1.55. The number of carbonyl (C=O) groups is 1. The van der Waals surface area contributed by atoms with E-state index in [0.717, 1.165) is 29.7 Å². The second kappa shape index (κ2) is 5.68. The minimum atomic E-state index is -1.21. The van der Waals surface area contributed by atoms with Gasteiger partial charge in [-0.15, -0.1) is 0 Å². The van der Waals surface area contributed by atoms with Crippen molar-refractivity contribution in [3.05, 3.63) is 29.3 Å². The van der Waals surface area contributed by atoms with E-state index >= 15 is 0 Å². The van der Waals surface area contributed by atoms with E-state index in [9.17, 15) is 9.90 Å². The van der Waals surface area contributed by atoms with Crippen molar-refractivity contribution in [2.45, 2.75) is 45.6 Å². The van der Waals surface area contributed by atoms with E-state index in [-0.39, 0.29) is 5.97 Å². The Morgan fingerprint density at radius 1 is 1.43 bits per heavy atom. The topological polar surface area (TPSA) is 55.8 Å². The fraction of sp³-hybridized carbons (Fsp3) is 0.588. The van der Waals surface area contributed by atoms with Gasteiger partial charge in [0.25, 0.3) is 0 Å². The van der Waals surface area contributed by atoms with Gasteiger partial charge in [0, 0.05) is 0 Å². The second-order valence-corrected chi connectivity index (χ2v) is 6.08. The Bertz CT molecular complexity index is 536. The Morgan fingerprint density at radius 3 is 2.76 bits per heavy atom. The zero-order valence-corrected chi connectivity index (χ0v) is 13.2. The number of ether oxygens (including phenoxy) is 2. The molecule has 0 aromatic heterocycles. The molecule has 21 heavy (non-hydrogen) atoms. The molecule has 0 aliphatic heterocycles. The van der Waals surface area contributed by atoms with Gasteiger partial charge in [0.05, 0.1) is 19.1 Å². The van der Waals surface area contributed by atoms with Crippen LogP contribution in [0.15, 0.2) is 18.2 Å². The van der Waals surface area contributed by atoms with Crippen LogP contribution in [0.25, 0.3) is 0 Å². The number of fused-ring (bicyclic) bond motifs is 1. The summed E-state index contributed by atoms with van der Waals surface area (Å²) in [6.45, 7) is 5.60. The van der Waals surface area contributed by atoms with Crippen LogP contribution in [0, 0.1) is 5.41 Å². The molecule has 0 saturated heterocycles. The first kappa shape index (κ1) is 15.8. The fourth-order valence-electron chi connectivity index (χ4n) is 3.11. The van der Waals surface area contributed by atoms with Crippen molar-refractivity contribution in [2.24, 2.45) is 5.41 Å². The van der Waals surface area contributed by atoms with Crippen LogP contribution in [0.5, 0.6) is 5.75 Å². The Labute approximate surface area is 126 Å². The third-order valence-electron chi connectivity index (χ3n) is 4.56. The highest BCUT2D eigenvalue weighted by molar-refractivity contribution is 5.78. The maximum atomic E-state index is 12.3. The van der Waals surface area contributed by atoms with Crippen molar-refractivity contribution in [2.75, 3.05) is 13.7 Å². The van der Waals surface area contributed by atoms with Crippen molar-refractivity contribution >= 4 is 5.97 Å². The third kappa shape index (κ3) is 2.53. The molecule has 4 nitrogen and oxygen atoms in total. The SMILES string of the molecule is CCOC(=O)C(C)(C)C1(O)CCCc2cc(OC)ccc21. The number of benzene rings is 1. The highest BCUT2D eigenvalue weighted by Crippen LogP contribution is 2.48. The van der Waals surface area contributed by atoms with Gasteiger partial charge in [-0.1, -0.05) is 6.07 Å². The average Bonchev–Trinajstić information content (AvgIpc) is 2.47. The fourth-order valence-corrected chi connectivity index (χ4v) is 3.11. The van der Waals surface area contributed by atoms with Crippen LogP contribution in [0.2, 0.25) is 0 Å². The van der Waals surface area contributed by atoms with Crippen LogP contribution < -0.4 is 4.74 Å². The van der Waals surface area contributed by atoms with E-state index in [0.29, 0.717) is 13.0 Å². The average molecular weight is 292 g/mol. The molecule has 0 fully saturated rings. The number of aryl methyl sites for hydroxylation is 1. The zero-order valence-electron chi connectivity index (χ0n) is 13.2. The van der Waals surface area contributed by atoms with Gasteiger partial charge in [0.1, 0.15) is 11.4 Å². The summed E-state index contributed by atoms with van der Waals surface area (Å²) in [7, 11) is 1.62. The molecule has 0 saturated carbocycles. The molecule has 1 aliphatic carbocycles. The molecule has 1 unspecified atom stereocenters. The van der Waals surface area contributed by atoms with Gasteiger partial charge in [-0.3, -0.25) is 4.79 Å². The minimum absolute atomic E-state index is 0.313. The molecule has 0 heterocycles. The molecule has 1 aromatic rings. The molecule has 2 rings (SSSR count). The Balaban J connectivity index is 2.47. The first-order valence-corrected chi connectivity index (χ1v) is 7.44. The molecule has 1 atom stereocenters. The van der Waals surface area contributed by atoms with Crippen molar-refractivity contribution in [3.63, 3.8) is 0 Å². The molecule has 116 valence electrons. The van der Waals surface area contributed by atoms with Gasteiger partial charge < -0.3 is 14.6 Å². The maximum absolute atomic E-state index is 12.3. The maximum Gasteiger partial charge on any atom is 0.314 e. The summed E-state index contributed by atoms with van der Waals surface area (Å²) in [5, 5.41) is 11.3. The van der Waals surface area contributed by atoms with Gasteiger partial charge in [0.15, 0.2) is 0 Å². The van der Waals surface area contributed by atoms with Crippen molar-refractivity contribution in [1.29, 1.82) is 0 Å². The Morgan fingerprint density at radius 2 is 2.14 bits per heavy atom. The van der Waals surface area contributed by atoms with Gasteiger partial charge >= 0.3 is 5.97 Å². The van der Waals surface area contributed by atoms with E-state index < -0.39 is 11.0 Å². The molecule has 1 aromatic carbocycles. The molecular formula is C17H24O4. The van der Waals surface area contributed by atoms with E-state index in [4.69, 9.17) is 9.47 Å². The van der Waals surface area contributed by atoms with E-state index in [1.165, 1.54) is 0 Å². The number of carbonyl (C=O) groups excluding carboxylic acids is 1. The Kier molecular flexibility index (Phi) is 4.28. The van der Waals surface area contributed by atoms with Crippen LogP contribution in [0.1, 0.15) is 44.7 Å². The number of rotatable bonds is 4. The lowest BCUT2D eigenvalue weighted by molar-refractivity contribution is -0.174. The smallest absolute Gasteiger partial charge is 0.314 e. The summed E-state index contributed by atoms with van der Waals surface area (Å²) in [6.07, 6.45) is 2.27. The lowest BCUT2D eigenvalue weighted by atomic mass is 9.64. The molecule has 4 heteroatoms. The first-order chi connectivity index (χ1) is 9.86. The lowest BCUT2D eigenvalue weighted by Gasteiger charge is -2.44. The monoisotopic (exact) mass is 292 g/mol.